The summed E-state index contributed by atoms with van der Waals surface area (Å²) in [6, 6.07) is 15.3. The van der Waals surface area contributed by atoms with E-state index in [1.54, 1.807) is 12.1 Å². The summed E-state index contributed by atoms with van der Waals surface area (Å²) in [6.45, 7) is 4.77. The second kappa shape index (κ2) is 6.90. The Morgan fingerprint density at radius 2 is 1.90 bits per heavy atom. The van der Waals surface area contributed by atoms with Gasteiger partial charge in [-0.25, -0.2) is 5.84 Å². The normalized spacial score (nSPS) is 10.5. The molecule has 4 heteroatoms. The summed E-state index contributed by atoms with van der Waals surface area (Å²) < 4.78 is 5.78. The van der Waals surface area contributed by atoms with Crippen LogP contribution in [0, 0.1) is 0 Å². The fourth-order valence-corrected chi connectivity index (χ4v) is 1.97. The zero-order chi connectivity index (χ0) is 15.2. The van der Waals surface area contributed by atoms with Crippen molar-refractivity contribution in [3.8, 4) is 5.75 Å². The van der Waals surface area contributed by atoms with Gasteiger partial charge in [0, 0.05) is 5.56 Å². The van der Waals surface area contributed by atoms with Crippen molar-refractivity contribution >= 4 is 5.91 Å². The first-order valence-electron chi connectivity index (χ1n) is 6.93. The van der Waals surface area contributed by atoms with Crippen molar-refractivity contribution in [2.24, 2.45) is 5.84 Å². The van der Waals surface area contributed by atoms with E-state index in [1.165, 1.54) is 5.56 Å². The van der Waals surface area contributed by atoms with Crippen LogP contribution in [0.1, 0.15) is 41.3 Å². The molecule has 0 aliphatic heterocycles. The zero-order valence-electron chi connectivity index (χ0n) is 12.3. The second-order valence-corrected chi connectivity index (χ2v) is 5.19. The lowest BCUT2D eigenvalue weighted by Gasteiger charge is -2.10. The monoisotopic (exact) mass is 284 g/mol. The summed E-state index contributed by atoms with van der Waals surface area (Å²) >= 11 is 0. The van der Waals surface area contributed by atoms with E-state index >= 15 is 0 Å². The highest BCUT2D eigenvalue weighted by Gasteiger charge is 2.04. The molecule has 0 radical (unpaired) electrons. The van der Waals surface area contributed by atoms with Gasteiger partial charge < -0.3 is 4.74 Å². The van der Waals surface area contributed by atoms with Crippen molar-refractivity contribution in [2.75, 3.05) is 0 Å². The van der Waals surface area contributed by atoms with Crippen LogP contribution in [-0.4, -0.2) is 5.91 Å². The first-order chi connectivity index (χ1) is 10.1. The van der Waals surface area contributed by atoms with Crippen LogP contribution >= 0.6 is 0 Å². The molecule has 0 aromatic heterocycles. The highest BCUT2D eigenvalue weighted by atomic mass is 16.5. The SMILES string of the molecule is CC(C)c1cccc(OCc2ccc(C(=O)NN)cc2)c1. The fraction of sp³-hybridized carbons (Fsp3) is 0.235. The van der Waals surface area contributed by atoms with Gasteiger partial charge >= 0.3 is 0 Å². The van der Waals surface area contributed by atoms with E-state index in [2.05, 4.69) is 31.4 Å². The predicted octanol–water partition coefficient (Wildman–Crippen LogP) is 2.99. The van der Waals surface area contributed by atoms with Gasteiger partial charge in [-0.3, -0.25) is 10.2 Å². The summed E-state index contributed by atoms with van der Waals surface area (Å²) in [7, 11) is 0. The number of benzene rings is 2. The largest absolute Gasteiger partial charge is 0.489 e. The van der Waals surface area contributed by atoms with E-state index < -0.39 is 0 Å². The van der Waals surface area contributed by atoms with Crippen LogP contribution in [0.5, 0.6) is 5.75 Å². The summed E-state index contributed by atoms with van der Waals surface area (Å²) in [5, 5.41) is 0. The van der Waals surface area contributed by atoms with E-state index in [1.807, 2.05) is 24.3 Å². The molecule has 0 aliphatic rings. The minimum Gasteiger partial charge on any atom is -0.489 e. The molecule has 110 valence electrons. The molecule has 0 aliphatic carbocycles. The van der Waals surface area contributed by atoms with Gasteiger partial charge in [0.25, 0.3) is 5.91 Å². The van der Waals surface area contributed by atoms with Crippen molar-refractivity contribution < 1.29 is 9.53 Å². The zero-order valence-corrected chi connectivity index (χ0v) is 12.3. The number of hydrazine groups is 1. The Bertz CT molecular complexity index is 606. The molecule has 0 saturated carbocycles. The van der Waals surface area contributed by atoms with Crippen molar-refractivity contribution in [2.45, 2.75) is 26.4 Å². The highest BCUT2D eigenvalue weighted by molar-refractivity contribution is 5.93. The molecule has 0 atom stereocenters. The minimum absolute atomic E-state index is 0.299. The Morgan fingerprint density at radius 1 is 1.19 bits per heavy atom. The van der Waals surface area contributed by atoms with Gasteiger partial charge in [0.05, 0.1) is 0 Å². The van der Waals surface area contributed by atoms with Crippen LogP contribution in [0.2, 0.25) is 0 Å². The molecular weight excluding hydrogens is 264 g/mol. The Kier molecular flexibility index (Phi) is 4.95. The number of nitrogen functional groups attached to an aromatic ring is 1. The number of carbonyl (C=O) groups excluding carboxylic acids is 1. The lowest BCUT2D eigenvalue weighted by Crippen LogP contribution is -2.29. The molecule has 0 bridgehead atoms. The number of amides is 1. The van der Waals surface area contributed by atoms with Crippen molar-refractivity contribution in [3.63, 3.8) is 0 Å². The van der Waals surface area contributed by atoms with Crippen molar-refractivity contribution in [3.05, 3.63) is 65.2 Å². The standard InChI is InChI=1S/C17H20N2O2/c1-12(2)15-4-3-5-16(10-15)21-11-13-6-8-14(9-7-13)17(20)19-18/h3-10,12H,11,18H2,1-2H3,(H,19,20). The molecule has 0 saturated heterocycles. The van der Waals surface area contributed by atoms with Crippen LogP contribution in [-0.2, 0) is 6.61 Å². The van der Waals surface area contributed by atoms with Crippen LogP contribution in [0.15, 0.2) is 48.5 Å². The minimum atomic E-state index is -0.299. The van der Waals surface area contributed by atoms with Crippen molar-refractivity contribution in [1.82, 2.24) is 5.43 Å². The molecular formula is C17H20N2O2. The molecule has 2 rings (SSSR count). The first-order valence-corrected chi connectivity index (χ1v) is 6.93. The third-order valence-electron chi connectivity index (χ3n) is 3.28. The van der Waals surface area contributed by atoms with Crippen LogP contribution < -0.4 is 16.0 Å². The molecule has 1 amide bonds. The topological polar surface area (TPSA) is 64.3 Å². The fourth-order valence-electron chi connectivity index (χ4n) is 1.97. The molecule has 0 fully saturated rings. The molecule has 0 spiro atoms. The lowest BCUT2D eigenvalue weighted by molar-refractivity contribution is 0.0953. The average molecular weight is 284 g/mol. The van der Waals surface area contributed by atoms with Gasteiger partial charge in [-0.1, -0.05) is 38.1 Å². The number of ether oxygens (including phenoxy) is 1. The van der Waals surface area contributed by atoms with Gasteiger partial charge in [0.1, 0.15) is 12.4 Å². The highest BCUT2D eigenvalue weighted by Crippen LogP contribution is 2.21. The first kappa shape index (κ1) is 15.1. The number of hydrogen-bond acceptors (Lipinski definition) is 3. The average Bonchev–Trinajstić information content (AvgIpc) is 2.53. The molecule has 21 heavy (non-hydrogen) atoms. The Morgan fingerprint density at radius 3 is 2.52 bits per heavy atom. The van der Waals surface area contributed by atoms with E-state index in [4.69, 9.17) is 10.6 Å². The van der Waals surface area contributed by atoms with E-state index in [-0.39, 0.29) is 5.91 Å². The van der Waals surface area contributed by atoms with Crippen molar-refractivity contribution in [1.29, 1.82) is 0 Å². The van der Waals surface area contributed by atoms with Gasteiger partial charge in [0.15, 0.2) is 0 Å². The Balaban J connectivity index is 2.00. The molecule has 3 N–H and O–H groups in total. The summed E-state index contributed by atoms with van der Waals surface area (Å²) in [4.78, 5) is 11.3. The quantitative estimate of drug-likeness (QED) is 0.504. The lowest BCUT2D eigenvalue weighted by atomic mass is 10.0. The van der Waals surface area contributed by atoms with Gasteiger partial charge in [-0.05, 0) is 41.3 Å². The number of nitrogens with one attached hydrogen (secondary N) is 1. The number of carbonyl (C=O) groups is 1. The maximum atomic E-state index is 11.3. The summed E-state index contributed by atoms with van der Waals surface area (Å²) in [6.07, 6.45) is 0. The van der Waals surface area contributed by atoms with E-state index in [9.17, 15) is 4.79 Å². The van der Waals surface area contributed by atoms with Crippen LogP contribution in [0.3, 0.4) is 0 Å². The summed E-state index contributed by atoms with van der Waals surface area (Å²) in [5.74, 6) is 6.12. The molecule has 4 nitrogen and oxygen atoms in total. The van der Waals surface area contributed by atoms with Gasteiger partial charge in [-0.2, -0.15) is 0 Å². The predicted molar refractivity (Wildman–Crippen MR) is 83.0 cm³/mol. The summed E-state index contributed by atoms with van der Waals surface area (Å²) in [5.41, 5.74) is 4.89. The maximum Gasteiger partial charge on any atom is 0.265 e. The smallest absolute Gasteiger partial charge is 0.265 e. The van der Waals surface area contributed by atoms with Crippen LogP contribution in [0.4, 0.5) is 0 Å². The molecule has 0 heterocycles. The van der Waals surface area contributed by atoms with Gasteiger partial charge in [0.2, 0.25) is 0 Å². The second-order valence-electron chi connectivity index (χ2n) is 5.19. The number of nitrogens with two attached hydrogens (primary N) is 1. The third kappa shape index (κ3) is 4.07. The maximum absolute atomic E-state index is 11.3. The van der Waals surface area contributed by atoms with E-state index in [0.717, 1.165) is 11.3 Å². The Labute approximate surface area is 124 Å². The van der Waals surface area contributed by atoms with Gasteiger partial charge in [-0.15, -0.1) is 0 Å². The number of rotatable bonds is 5. The third-order valence-corrected chi connectivity index (χ3v) is 3.28. The number of hydrogen-bond donors (Lipinski definition) is 2. The molecule has 2 aromatic rings. The Hall–Kier alpha value is -2.33. The van der Waals surface area contributed by atoms with E-state index in [0.29, 0.717) is 18.1 Å². The molecule has 2 aromatic carbocycles. The van der Waals surface area contributed by atoms with Crippen LogP contribution in [0.25, 0.3) is 0 Å². The molecule has 0 unspecified atom stereocenters.